The zero-order valence-electron chi connectivity index (χ0n) is 26.0. The number of aromatic hydroxyl groups is 3. The summed E-state index contributed by atoms with van der Waals surface area (Å²) in [5.41, 5.74) is -0.930. The Labute approximate surface area is 291 Å². The lowest BCUT2D eigenvalue weighted by molar-refractivity contribution is -0.123. The van der Waals surface area contributed by atoms with Crippen molar-refractivity contribution in [3.63, 3.8) is 0 Å². The van der Waals surface area contributed by atoms with Crippen molar-refractivity contribution in [3.8, 4) is 23.0 Å². The summed E-state index contributed by atoms with van der Waals surface area (Å²) in [5.74, 6) is -9.65. The zero-order chi connectivity index (χ0) is 37.1. The maximum Gasteiger partial charge on any atom is 0.547 e. The van der Waals surface area contributed by atoms with Crippen LogP contribution in [0.5, 0.6) is 23.0 Å². The third kappa shape index (κ3) is 7.76. The molecule has 9 N–H and O–H groups in total. The second-order valence-corrected chi connectivity index (χ2v) is 11.6. The van der Waals surface area contributed by atoms with Crippen molar-refractivity contribution in [2.75, 3.05) is 31.5 Å². The first kappa shape index (κ1) is 36.3. The minimum absolute atomic E-state index is 0.00530. The summed E-state index contributed by atoms with van der Waals surface area (Å²) in [6, 6.07) is 3.67. The van der Waals surface area contributed by atoms with Gasteiger partial charge in [0, 0.05) is 37.4 Å². The summed E-state index contributed by atoms with van der Waals surface area (Å²) >= 11 is 6.13. The molecule has 5 rings (SSSR count). The van der Waals surface area contributed by atoms with Gasteiger partial charge in [-0.2, -0.15) is 0 Å². The summed E-state index contributed by atoms with van der Waals surface area (Å²) in [7, 11) is -1.94. The van der Waals surface area contributed by atoms with Crippen LogP contribution < -0.4 is 25.9 Å². The van der Waals surface area contributed by atoms with Crippen molar-refractivity contribution >= 4 is 54.4 Å². The van der Waals surface area contributed by atoms with Crippen LogP contribution in [0.25, 0.3) is 0 Å². The fourth-order valence-electron chi connectivity index (χ4n) is 5.35. The Kier molecular flexibility index (Phi) is 10.6. The summed E-state index contributed by atoms with van der Waals surface area (Å²) in [6.07, 6.45) is -0.299. The van der Waals surface area contributed by atoms with E-state index in [4.69, 9.17) is 16.3 Å². The van der Waals surface area contributed by atoms with Gasteiger partial charge in [-0.05, 0) is 48.4 Å². The largest absolute Gasteiger partial charge is 0.547 e. The monoisotopic (exact) mass is 732 g/mol. The van der Waals surface area contributed by atoms with E-state index >= 15 is 0 Å². The number of amides is 7. The molecule has 2 atom stereocenters. The summed E-state index contributed by atoms with van der Waals surface area (Å²) in [4.78, 5) is 65.8. The molecular formula is C30H28BClF2N6O11. The molecule has 1 saturated heterocycles. The van der Waals surface area contributed by atoms with Crippen molar-refractivity contribution in [2.24, 2.45) is 0 Å². The highest BCUT2D eigenvalue weighted by Gasteiger charge is 2.42. The van der Waals surface area contributed by atoms with Gasteiger partial charge < -0.3 is 56.3 Å². The number of carbonyl (C=O) groups is 5. The number of urea groups is 3. The van der Waals surface area contributed by atoms with E-state index in [2.05, 4.69) is 21.3 Å². The maximum atomic E-state index is 14.6. The number of carbonyl (C=O) groups excluding carboxylic acids is 4. The van der Waals surface area contributed by atoms with Gasteiger partial charge in [-0.15, -0.1) is 0 Å². The molecule has 3 aromatic carbocycles. The van der Waals surface area contributed by atoms with Crippen LogP contribution in [0.2, 0.25) is 5.02 Å². The molecule has 0 aromatic heterocycles. The summed E-state index contributed by atoms with van der Waals surface area (Å²) in [5, 5.41) is 58.2. The van der Waals surface area contributed by atoms with E-state index in [1.165, 1.54) is 35.2 Å². The molecule has 0 bridgehead atoms. The Morgan fingerprint density at radius 1 is 1.02 bits per heavy atom. The number of hydrogen-bond donors (Lipinski definition) is 9. The van der Waals surface area contributed by atoms with Gasteiger partial charge in [-0.3, -0.25) is 4.79 Å². The number of phenols is 3. The highest BCUT2D eigenvalue weighted by atomic mass is 35.5. The molecule has 7 amide bonds. The molecule has 2 aliphatic heterocycles. The lowest BCUT2D eigenvalue weighted by atomic mass is 9.72. The fourth-order valence-corrected chi connectivity index (χ4v) is 5.60. The smallest absolute Gasteiger partial charge is 0.534 e. The molecule has 0 unspecified atom stereocenters. The van der Waals surface area contributed by atoms with E-state index in [1.54, 1.807) is 0 Å². The van der Waals surface area contributed by atoms with Crippen molar-refractivity contribution in [2.45, 2.75) is 18.4 Å². The van der Waals surface area contributed by atoms with Crippen LogP contribution in [0.1, 0.15) is 27.5 Å². The normalized spacial score (nSPS) is 15.8. The van der Waals surface area contributed by atoms with Crippen LogP contribution in [0, 0.1) is 11.6 Å². The number of nitrogens with one attached hydrogen (secondary N) is 4. The molecule has 0 aliphatic carbocycles. The number of rotatable bonds is 9. The van der Waals surface area contributed by atoms with Gasteiger partial charge in [-0.1, -0.05) is 17.7 Å². The fraction of sp³-hybridized carbons (Fsp3) is 0.233. The quantitative estimate of drug-likeness (QED) is 0.0873. The number of halogens is 3. The molecule has 0 radical (unpaired) electrons. The molecule has 51 heavy (non-hydrogen) atoms. The van der Waals surface area contributed by atoms with E-state index < -0.39 is 94.1 Å². The second-order valence-electron chi connectivity index (χ2n) is 11.2. The number of fused-ring (bicyclic) bond motifs is 1. The van der Waals surface area contributed by atoms with Crippen LogP contribution in [0.4, 0.5) is 28.9 Å². The number of benzene rings is 3. The van der Waals surface area contributed by atoms with Crippen molar-refractivity contribution in [1.82, 2.24) is 25.8 Å². The van der Waals surface area contributed by atoms with Crippen LogP contribution in [-0.2, 0) is 11.2 Å². The topological polar surface area (TPSA) is 250 Å². The third-order valence-corrected chi connectivity index (χ3v) is 8.32. The Hall–Kier alpha value is -6.02. The number of carboxylic acid groups (broad SMARTS) is 1. The molecule has 2 heterocycles. The predicted molar refractivity (Wildman–Crippen MR) is 172 cm³/mol. The molecular weight excluding hydrogens is 705 g/mol. The number of hydrogen-bond acceptors (Lipinski definition) is 10. The Morgan fingerprint density at radius 2 is 1.73 bits per heavy atom. The Morgan fingerprint density at radius 3 is 2.41 bits per heavy atom. The zero-order valence-corrected chi connectivity index (χ0v) is 26.8. The number of carboxylic acids is 1. The number of imide groups is 1. The highest BCUT2D eigenvalue weighted by molar-refractivity contribution is 6.47. The van der Waals surface area contributed by atoms with Crippen LogP contribution in [0.3, 0.4) is 0 Å². The van der Waals surface area contributed by atoms with Crippen molar-refractivity contribution in [1.29, 1.82) is 0 Å². The van der Waals surface area contributed by atoms with Crippen LogP contribution in [-0.4, -0.2) is 104 Å². The van der Waals surface area contributed by atoms with Gasteiger partial charge in [0.05, 0.1) is 11.0 Å². The minimum Gasteiger partial charge on any atom is -0.534 e. The SMILES string of the molecule is O=C(NCCN1CCN(C(=O)N[C@@H](C(=O)N[C@H]2Cc3ccc(F)c(C(=O)O)c3OB2O)c2cc(F)c(O)c(O)c2Cl)C1=O)Nc1ccc(O)cc1. The van der Waals surface area contributed by atoms with Gasteiger partial charge >= 0.3 is 31.2 Å². The number of phenolic OH excluding ortho intramolecular Hbond substituents is 3. The predicted octanol–water partition coefficient (Wildman–Crippen LogP) is 1.88. The van der Waals surface area contributed by atoms with Gasteiger partial charge in [0.2, 0.25) is 5.91 Å². The molecule has 0 spiro atoms. The van der Waals surface area contributed by atoms with Crippen LogP contribution in [0.15, 0.2) is 42.5 Å². The van der Waals surface area contributed by atoms with Crippen molar-refractivity contribution in [3.05, 3.63) is 75.8 Å². The second kappa shape index (κ2) is 14.8. The van der Waals surface area contributed by atoms with Gasteiger partial charge in [0.1, 0.15) is 28.9 Å². The van der Waals surface area contributed by atoms with Gasteiger partial charge in [0.15, 0.2) is 17.3 Å². The number of nitrogens with zero attached hydrogens (tertiary/aromatic N) is 2. The number of anilines is 1. The van der Waals surface area contributed by atoms with E-state index in [-0.39, 0.29) is 43.9 Å². The highest BCUT2D eigenvalue weighted by Crippen LogP contribution is 2.40. The molecule has 3 aromatic rings. The van der Waals surface area contributed by atoms with Gasteiger partial charge in [-0.25, -0.2) is 32.9 Å². The molecule has 0 saturated carbocycles. The maximum absolute atomic E-state index is 14.6. The molecule has 21 heteroatoms. The first-order chi connectivity index (χ1) is 24.2. The summed E-state index contributed by atoms with van der Waals surface area (Å²) < 4.78 is 34.0. The van der Waals surface area contributed by atoms with E-state index in [0.717, 1.165) is 6.07 Å². The lowest BCUT2D eigenvalue weighted by Gasteiger charge is -2.31. The van der Waals surface area contributed by atoms with E-state index in [0.29, 0.717) is 16.7 Å². The molecule has 17 nitrogen and oxygen atoms in total. The lowest BCUT2D eigenvalue weighted by Crippen LogP contribution is -2.56. The average Bonchev–Trinajstić information content (AvgIpc) is 3.45. The van der Waals surface area contributed by atoms with Crippen molar-refractivity contribution < 1.29 is 62.9 Å². The average molecular weight is 733 g/mol. The molecule has 1 fully saturated rings. The van der Waals surface area contributed by atoms with Crippen LogP contribution >= 0.6 is 11.6 Å². The first-order valence-corrected chi connectivity index (χ1v) is 15.3. The summed E-state index contributed by atoms with van der Waals surface area (Å²) in [6.45, 7) is -0.236. The minimum atomic E-state index is -1.98. The standard InChI is InChI=1S/C30H28BClF2N6O11/c32-21-16(12-18(34)23(42)24(21)43)22(26(44)37-19-11-13-1-6-17(33)20(27(45)46)25(13)51-31(19)50)38-29(48)40-10-9-39(30(40)49)8-7-35-28(47)36-14-2-4-15(41)5-3-14/h1-6,12,19,22,41-43,50H,7-11H2,(H,37,44)(H,38,48)(H,45,46)(H2,35,36,47)/t19-,22+/m0/s1. The Bertz CT molecular complexity index is 1910. The number of aromatic carboxylic acids is 1. The Balaban J connectivity index is 1.28. The molecule has 2 aliphatic rings. The van der Waals surface area contributed by atoms with E-state index in [1.807, 2.05) is 0 Å². The van der Waals surface area contributed by atoms with E-state index in [9.17, 15) is 58.2 Å². The first-order valence-electron chi connectivity index (χ1n) is 15.0. The third-order valence-electron chi connectivity index (χ3n) is 7.92. The molecule has 268 valence electrons. The van der Waals surface area contributed by atoms with Gasteiger partial charge in [0.25, 0.3) is 0 Å².